The molecule has 9 heteroatoms. The van der Waals surface area contributed by atoms with Gasteiger partial charge in [-0.15, -0.1) is 11.3 Å². The number of nitro benzene ring substituents is 1. The fraction of sp³-hybridized carbons (Fsp3) is 0.294. The second-order valence-corrected chi connectivity index (χ2v) is 7.05. The van der Waals surface area contributed by atoms with Crippen LogP contribution in [-0.4, -0.2) is 45.4 Å². The minimum absolute atomic E-state index is 0.0542. The van der Waals surface area contributed by atoms with Crippen LogP contribution in [-0.2, 0) is 6.54 Å². The summed E-state index contributed by atoms with van der Waals surface area (Å²) in [5, 5.41) is 12.8. The van der Waals surface area contributed by atoms with Crippen LogP contribution in [0.1, 0.15) is 5.69 Å². The summed E-state index contributed by atoms with van der Waals surface area (Å²) in [6.45, 7) is 3.82. The first kappa shape index (κ1) is 16.7. The summed E-state index contributed by atoms with van der Waals surface area (Å²) in [5.74, 6) is 0. The van der Waals surface area contributed by atoms with Crippen molar-refractivity contribution in [3.63, 3.8) is 0 Å². The van der Waals surface area contributed by atoms with Gasteiger partial charge in [0.25, 0.3) is 11.2 Å². The Hall–Kier alpha value is -2.78. The normalized spacial score (nSPS) is 15.5. The lowest BCUT2D eigenvalue weighted by molar-refractivity contribution is -0.384. The quantitative estimate of drug-likeness (QED) is 0.515. The van der Waals surface area contributed by atoms with E-state index in [-0.39, 0.29) is 16.2 Å². The maximum absolute atomic E-state index is 12.1. The molecule has 0 atom stereocenters. The molecule has 2 aromatic heterocycles. The first-order valence-electron chi connectivity index (χ1n) is 8.28. The maximum atomic E-state index is 12.1. The van der Waals surface area contributed by atoms with E-state index in [9.17, 15) is 14.9 Å². The van der Waals surface area contributed by atoms with Crippen molar-refractivity contribution in [2.75, 3.05) is 31.1 Å². The minimum atomic E-state index is -0.370. The second kappa shape index (κ2) is 6.85. The van der Waals surface area contributed by atoms with Crippen molar-refractivity contribution in [1.82, 2.24) is 14.3 Å². The molecule has 0 spiro atoms. The van der Waals surface area contributed by atoms with Crippen LogP contribution in [0, 0.1) is 10.1 Å². The fourth-order valence-corrected chi connectivity index (χ4v) is 3.90. The van der Waals surface area contributed by atoms with Gasteiger partial charge in [-0.25, -0.2) is 4.98 Å². The molecule has 0 aliphatic carbocycles. The number of anilines is 1. The number of thiazole rings is 1. The smallest absolute Gasteiger partial charge is 0.271 e. The molecule has 1 saturated heterocycles. The Balaban J connectivity index is 1.42. The van der Waals surface area contributed by atoms with E-state index in [0.29, 0.717) is 11.5 Å². The summed E-state index contributed by atoms with van der Waals surface area (Å²) in [6, 6.07) is 8.32. The molecule has 1 aliphatic rings. The van der Waals surface area contributed by atoms with Crippen molar-refractivity contribution in [2.24, 2.45) is 0 Å². The molecule has 3 heterocycles. The zero-order chi connectivity index (χ0) is 18.1. The Morgan fingerprint density at radius 3 is 2.77 bits per heavy atom. The van der Waals surface area contributed by atoms with Gasteiger partial charge in [-0.1, -0.05) is 6.07 Å². The summed E-state index contributed by atoms with van der Waals surface area (Å²) in [6.07, 6.45) is 1.73. The van der Waals surface area contributed by atoms with Crippen molar-refractivity contribution < 1.29 is 4.92 Å². The lowest BCUT2D eigenvalue weighted by Crippen LogP contribution is -2.46. The van der Waals surface area contributed by atoms with Gasteiger partial charge in [-0.2, -0.15) is 0 Å². The second-order valence-electron chi connectivity index (χ2n) is 6.18. The molecule has 8 nitrogen and oxygen atoms in total. The number of hydrogen-bond donors (Lipinski definition) is 0. The summed E-state index contributed by atoms with van der Waals surface area (Å²) in [4.78, 5) is 32.3. The van der Waals surface area contributed by atoms with E-state index in [0.717, 1.165) is 37.6 Å². The Labute approximate surface area is 153 Å². The highest BCUT2D eigenvalue weighted by Gasteiger charge is 2.19. The lowest BCUT2D eigenvalue weighted by Gasteiger charge is -2.35. The first-order valence-corrected chi connectivity index (χ1v) is 9.16. The predicted molar refractivity (Wildman–Crippen MR) is 99.9 cm³/mol. The molecule has 1 aliphatic heterocycles. The van der Waals surface area contributed by atoms with Gasteiger partial charge < -0.3 is 4.90 Å². The first-order chi connectivity index (χ1) is 12.6. The number of fused-ring (bicyclic) bond motifs is 1. The summed E-state index contributed by atoms with van der Waals surface area (Å²) >= 11 is 1.45. The van der Waals surface area contributed by atoms with Crippen LogP contribution in [0.5, 0.6) is 0 Å². The molecule has 0 amide bonds. The summed E-state index contributed by atoms with van der Waals surface area (Å²) < 4.78 is 1.55. The van der Waals surface area contributed by atoms with Gasteiger partial charge in [0.15, 0.2) is 4.96 Å². The molecular formula is C17H17N5O3S. The van der Waals surface area contributed by atoms with Gasteiger partial charge in [0.2, 0.25) is 0 Å². The average molecular weight is 371 g/mol. The number of nitrogens with zero attached hydrogens (tertiary/aromatic N) is 5. The number of benzene rings is 1. The molecule has 1 aromatic carbocycles. The molecular weight excluding hydrogens is 354 g/mol. The number of rotatable bonds is 4. The molecule has 134 valence electrons. The number of nitro groups is 1. The topological polar surface area (TPSA) is 84.0 Å². The molecule has 0 unspecified atom stereocenters. The van der Waals surface area contributed by atoms with Crippen LogP contribution in [0.3, 0.4) is 0 Å². The summed E-state index contributed by atoms with van der Waals surface area (Å²) in [5.41, 5.74) is 1.71. The number of piperazine rings is 1. The highest BCUT2D eigenvalue weighted by Crippen LogP contribution is 2.22. The molecule has 0 N–H and O–H groups in total. The molecule has 0 radical (unpaired) electrons. The summed E-state index contributed by atoms with van der Waals surface area (Å²) in [7, 11) is 0. The molecule has 0 bridgehead atoms. The van der Waals surface area contributed by atoms with Crippen molar-refractivity contribution >= 4 is 27.7 Å². The van der Waals surface area contributed by atoms with Crippen LogP contribution in [0.25, 0.3) is 4.96 Å². The molecule has 1 fully saturated rings. The van der Waals surface area contributed by atoms with E-state index in [1.54, 1.807) is 28.8 Å². The Morgan fingerprint density at radius 1 is 1.19 bits per heavy atom. The zero-order valence-corrected chi connectivity index (χ0v) is 14.8. The van der Waals surface area contributed by atoms with E-state index in [4.69, 9.17) is 0 Å². The van der Waals surface area contributed by atoms with Crippen LogP contribution >= 0.6 is 11.3 Å². The molecule has 26 heavy (non-hydrogen) atoms. The average Bonchev–Trinajstić information content (AvgIpc) is 3.12. The lowest BCUT2D eigenvalue weighted by atomic mass is 10.2. The van der Waals surface area contributed by atoms with Gasteiger partial charge in [0.05, 0.1) is 10.6 Å². The zero-order valence-electron chi connectivity index (χ0n) is 13.9. The van der Waals surface area contributed by atoms with E-state index in [1.807, 2.05) is 11.4 Å². The van der Waals surface area contributed by atoms with Gasteiger partial charge in [-0.3, -0.25) is 24.2 Å². The molecule has 3 aromatic rings. The van der Waals surface area contributed by atoms with Crippen molar-refractivity contribution in [2.45, 2.75) is 6.54 Å². The van der Waals surface area contributed by atoms with Gasteiger partial charge in [-0.05, 0) is 6.07 Å². The number of non-ortho nitro benzene ring substituents is 1. The monoisotopic (exact) mass is 371 g/mol. The molecule has 4 rings (SSSR count). The Bertz CT molecular complexity index is 1010. The number of aromatic nitrogens is 2. The van der Waals surface area contributed by atoms with E-state index in [2.05, 4.69) is 14.8 Å². The van der Waals surface area contributed by atoms with E-state index in [1.165, 1.54) is 17.4 Å². The highest BCUT2D eigenvalue weighted by molar-refractivity contribution is 7.15. The van der Waals surface area contributed by atoms with Crippen LogP contribution in [0.4, 0.5) is 11.4 Å². The Morgan fingerprint density at radius 2 is 2.00 bits per heavy atom. The van der Waals surface area contributed by atoms with E-state index < -0.39 is 0 Å². The van der Waals surface area contributed by atoms with Crippen molar-refractivity contribution in [3.8, 4) is 0 Å². The SMILES string of the molecule is O=c1cc(CN2CCN(c3cccc([N+](=O)[O-])c3)CC2)nc2sccn12. The maximum Gasteiger partial charge on any atom is 0.271 e. The third-order valence-electron chi connectivity index (χ3n) is 4.52. The standard InChI is InChI=1S/C17H17N5O3S/c23-16-10-13(18-17-21(16)8-9-26-17)12-19-4-6-20(7-5-19)14-2-1-3-15(11-14)22(24)25/h1-3,8-11H,4-7,12H2. The molecule has 0 saturated carbocycles. The Kier molecular flexibility index (Phi) is 4.39. The van der Waals surface area contributed by atoms with Gasteiger partial charge >= 0.3 is 0 Å². The third kappa shape index (κ3) is 3.31. The van der Waals surface area contributed by atoms with Crippen LogP contribution in [0.15, 0.2) is 46.7 Å². The minimum Gasteiger partial charge on any atom is -0.369 e. The van der Waals surface area contributed by atoms with Crippen LogP contribution < -0.4 is 10.5 Å². The largest absolute Gasteiger partial charge is 0.369 e. The number of hydrogen-bond acceptors (Lipinski definition) is 7. The van der Waals surface area contributed by atoms with Crippen molar-refractivity contribution in [3.05, 3.63) is 68.1 Å². The van der Waals surface area contributed by atoms with Gasteiger partial charge in [0, 0.05) is 68.2 Å². The third-order valence-corrected chi connectivity index (χ3v) is 5.28. The fourth-order valence-electron chi connectivity index (χ4n) is 3.17. The van der Waals surface area contributed by atoms with Crippen molar-refractivity contribution in [1.29, 1.82) is 0 Å². The van der Waals surface area contributed by atoms with E-state index >= 15 is 0 Å². The van der Waals surface area contributed by atoms with Gasteiger partial charge in [0.1, 0.15) is 0 Å². The predicted octanol–water partition coefficient (Wildman–Crippen LogP) is 1.99. The van der Waals surface area contributed by atoms with Crippen LogP contribution in [0.2, 0.25) is 0 Å². The highest BCUT2D eigenvalue weighted by atomic mass is 32.1.